The Morgan fingerprint density at radius 3 is 2.00 bits per heavy atom. The summed E-state index contributed by atoms with van der Waals surface area (Å²) in [4.78, 5) is 0. The van der Waals surface area contributed by atoms with E-state index in [0.717, 1.165) is 0 Å². The molecule has 0 aromatic rings. The van der Waals surface area contributed by atoms with Gasteiger partial charge in [0, 0.05) is 0 Å². The zero-order valence-electron chi connectivity index (χ0n) is 3.33. The molecule has 0 aromatic carbocycles. The number of hydrogen-bond acceptors (Lipinski definition) is 1. The molecule has 0 saturated heterocycles. The molecule has 0 aliphatic carbocycles. The van der Waals surface area contributed by atoms with E-state index in [1.165, 1.54) is 0 Å². The zero-order chi connectivity index (χ0) is 6.78. The minimum Gasteiger partial charge on any atom is -0.209 e. The number of alkyl halides is 3. The van der Waals surface area contributed by atoms with E-state index in [0.29, 0.717) is 0 Å². The van der Waals surface area contributed by atoms with E-state index in [4.69, 9.17) is 0 Å². The van der Waals surface area contributed by atoms with Crippen LogP contribution in [0.1, 0.15) is 0 Å². The molecule has 8 heavy (non-hydrogen) atoms. The molecule has 0 bridgehead atoms. The van der Waals surface area contributed by atoms with E-state index in [9.17, 15) is 17.4 Å². The third-order valence-corrected chi connectivity index (χ3v) is 0.977. The molecule has 0 fully saturated rings. The lowest BCUT2D eigenvalue weighted by Crippen LogP contribution is -2.15. The smallest absolute Gasteiger partial charge is 0.209 e. The van der Waals surface area contributed by atoms with Gasteiger partial charge in [0.2, 0.25) is 0 Å². The molecule has 0 unspecified atom stereocenters. The monoisotopic (exact) mass is 164 g/mol. The quantitative estimate of drug-likeness (QED) is 0.323. The predicted molar refractivity (Wildman–Crippen MR) is 25.1 cm³/mol. The highest BCUT2D eigenvalue weighted by Crippen LogP contribution is 2.20. The van der Waals surface area contributed by atoms with Crippen LogP contribution >= 0.6 is 11.6 Å². The summed E-state index contributed by atoms with van der Waals surface area (Å²) >= 11 is 3.07. The standard InChI is InChI=1S/C2ClF3OS/c3-2(5,6)1(4)8-7. The largest absolute Gasteiger partial charge is 0.386 e. The van der Waals surface area contributed by atoms with Gasteiger partial charge in [0.1, 0.15) is 11.3 Å². The second kappa shape index (κ2) is 2.50. The molecule has 0 atom stereocenters. The first-order chi connectivity index (χ1) is 3.48. The van der Waals surface area contributed by atoms with Crippen LogP contribution in [0.2, 0.25) is 0 Å². The highest BCUT2D eigenvalue weighted by molar-refractivity contribution is 7.66. The van der Waals surface area contributed by atoms with E-state index in [-0.39, 0.29) is 0 Å². The summed E-state index contributed by atoms with van der Waals surface area (Å²) < 4.78 is 43.0. The predicted octanol–water partition coefficient (Wildman–Crippen LogP) is 1.13. The summed E-state index contributed by atoms with van der Waals surface area (Å²) in [6.45, 7) is 0. The Balaban J connectivity index is 4.26. The first-order valence-corrected chi connectivity index (χ1v) is 2.50. The number of halogens is 4. The molecule has 0 saturated carbocycles. The molecule has 0 spiro atoms. The van der Waals surface area contributed by atoms with Crippen molar-refractivity contribution < 1.29 is 17.4 Å². The van der Waals surface area contributed by atoms with Crippen LogP contribution in [-0.4, -0.2) is 14.7 Å². The van der Waals surface area contributed by atoms with Gasteiger partial charge in [-0.25, -0.2) is 4.21 Å². The average molecular weight is 165 g/mol. The van der Waals surface area contributed by atoms with Crippen LogP contribution in [-0.2, 0) is 11.3 Å². The highest BCUT2D eigenvalue weighted by atomic mass is 35.5. The summed E-state index contributed by atoms with van der Waals surface area (Å²) in [5, 5.41) is -6.24. The van der Waals surface area contributed by atoms with Crippen LogP contribution in [0.3, 0.4) is 0 Å². The number of rotatable bonds is 1. The van der Waals surface area contributed by atoms with Crippen molar-refractivity contribution >= 4 is 28.0 Å². The van der Waals surface area contributed by atoms with Gasteiger partial charge in [0.25, 0.3) is 5.12 Å². The second-order valence-electron chi connectivity index (χ2n) is 0.855. The van der Waals surface area contributed by atoms with Crippen molar-refractivity contribution in [3.8, 4) is 0 Å². The maximum Gasteiger partial charge on any atom is 0.386 e. The normalized spacial score (nSPS) is 11.0. The molecule has 0 radical (unpaired) electrons. The summed E-state index contributed by atoms with van der Waals surface area (Å²) in [6, 6.07) is 0. The molecule has 6 heteroatoms. The fourth-order valence-electron chi connectivity index (χ4n) is 0.0472. The van der Waals surface area contributed by atoms with Gasteiger partial charge in [-0.3, -0.25) is 0 Å². The Morgan fingerprint density at radius 1 is 1.62 bits per heavy atom. The second-order valence-corrected chi connectivity index (χ2v) is 1.85. The lowest BCUT2D eigenvalue weighted by Gasteiger charge is -1.96. The van der Waals surface area contributed by atoms with Crippen LogP contribution in [0.25, 0.3) is 0 Å². The molecule has 0 aliphatic rings. The zero-order valence-corrected chi connectivity index (χ0v) is 4.90. The summed E-state index contributed by atoms with van der Waals surface area (Å²) in [5.74, 6) is 0. The van der Waals surface area contributed by atoms with Gasteiger partial charge in [-0.15, -0.1) is 0 Å². The van der Waals surface area contributed by atoms with Crippen molar-refractivity contribution in [2.75, 3.05) is 0 Å². The van der Waals surface area contributed by atoms with Gasteiger partial charge in [-0.2, -0.15) is 13.2 Å². The Hall–Kier alpha value is -0.0300. The minimum atomic E-state index is -4.12. The van der Waals surface area contributed by atoms with Crippen LogP contribution in [0.5, 0.6) is 0 Å². The molecular weight excluding hydrogens is 165 g/mol. The molecule has 0 rings (SSSR count). The van der Waals surface area contributed by atoms with Gasteiger partial charge in [0.05, 0.1) is 0 Å². The molecule has 0 amide bonds. The Labute approximate surface area is 51.5 Å². The summed E-state index contributed by atoms with van der Waals surface area (Å²) in [5.41, 5.74) is 0. The molecule has 0 aromatic heterocycles. The minimum absolute atomic E-state index is 0.950. The van der Waals surface area contributed by atoms with E-state index < -0.39 is 21.8 Å². The Bertz CT molecular complexity index is 135. The van der Waals surface area contributed by atoms with Crippen LogP contribution in [0.15, 0.2) is 0 Å². The van der Waals surface area contributed by atoms with Crippen molar-refractivity contribution in [2.45, 2.75) is 5.38 Å². The SMILES string of the molecule is O=S=C(F)C(F)(F)Cl. The van der Waals surface area contributed by atoms with Gasteiger partial charge in [0.15, 0.2) is 0 Å². The van der Waals surface area contributed by atoms with Crippen LogP contribution in [0, 0.1) is 0 Å². The summed E-state index contributed by atoms with van der Waals surface area (Å²) in [7, 11) is 0. The Kier molecular flexibility index (Phi) is 2.49. The van der Waals surface area contributed by atoms with Gasteiger partial charge in [-0.05, 0) is 11.6 Å². The van der Waals surface area contributed by atoms with Crippen molar-refractivity contribution in [1.29, 1.82) is 0 Å². The topological polar surface area (TPSA) is 17.1 Å². The van der Waals surface area contributed by atoms with Crippen molar-refractivity contribution in [3.05, 3.63) is 0 Å². The van der Waals surface area contributed by atoms with Crippen molar-refractivity contribution in [1.82, 2.24) is 0 Å². The van der Waals surface area contributed by atoms with Gasteiger partial charge < -0.3 is 0 Å². The third-order valence-electron chi connectivity index (χ3n) is 0.296. The molecule has 0 N–H and O–H groups in total. The van der Waals surface area contributed by atoms with Gasteiger partial charge in [-0.1, -0.05) is 0 Å². The van der Waals surface area contributed by atoms with Crippen LogP contribution < -0.4 is 0 Å². The first kappa shape index (κ1) is 7.97. The van der Waals surface area contributed by atoms with Gasteiger partial charge >= 0.3 is 5.38 Å². The Morgan fingerprint density at radius 2 is 2.00 bits per heavy atom. The molecule has 0 heterocycles. The van der Waals surface area contributed by atoms with E-state index >= 15 is 0 Å². The van der Waals surface area contributed by atoms with Crippen molar-refractivity contribution in [3.63, 3.8) is 0 Å². The third kappa shape index (κ3) is 2.32. The lowest BCUT2D eigenvalue weighted by molar-refractivity contribution is 0.166. The maximum atomic E-state index is 11.3. The maximum absolute atomic E-state index is 11.3. The average Bonchev–Trinajstić information content (AvgIpc) is 1.62. The summed E-state index contributed by atoms with van der Waals surface area (Å²) in [6.07, 6.45) is 0. The molecular formula is C2ClF3OS. The number of hydrogen-bond donors (Lipinski definition) is 0. The molecule has 1 nitrogen and oxygen atoms in total. The van der Waals surface area contributed by atoms with E-state index in [2.05, 4.69) is 11.6 Å². The lowest BCUT2D eigenvalue weighted by atomic mass is 10.8. The molecule has 48 valence electrons. The first-order valence-electron chi connectivity index (χ1n) is 1.38. The van der Waals surface area contributed by atoms with Crippen LogP contribution in [0.4, 0.5) is 13.2 Å². The van der Waals surface area contributed by atoms with E-state index in [1.54, 1.807) is 0 Å². The fraction of sp³-hybridized carbons (Fsp3) is 0.500. The van der Waals surface area contributed by atoms with Crippen molar-refractivity contribution in [2.24, 2.45) is 0 Å². The molecule has 0 aliphatic heterocycles. The fourth-order valence-corrected chi connectivity index (χ4v) is 0.236. The van der Waals surface area contributed by atoms with E-state index in [1.807, 2.05) is 0 Å². The highest BCUT2D eigenvalue weighted by Gasteiger charge is 2.33.